The Morgan fingerprint density at radius 2 is 1.02 bits per heavy atom. The number of halogens is 3. The van der Waals surface area contributed by atoms with Crippen LogP contribution in [0.3, 0.4) is 0 Å². The maximum absolute atomic E-state index is 13.0. The first-order chi connectivity index (χ1) is 57.6. The molecule has 6 fully saturated rings. The van der Waals surface area contributed by atoms with Gasteiger partial charge in [0.05, 0.1) is 58.1 Å². The number of aliphatic hydroxyl groups excluding tert-OH is 1. The number of allylic oxidation sites excluding steroid dienone is 2. The SMILES string of the molecule is C1CCC([PH+](C2CCCCC2)C2CCCCC2)CC1.C=CC(O)C(C)(C)C(=O)NOCc1ccccc1.C=CC1OC(/C=C/CCCC)N(OCc2ccccc2)C(=O)C1(C)C.C=CCCCC.CC1(C)C(=O)N(OCc2ccccc2)C2C=CC1O2.Cc1cc(C)c(N2[CH-]N(c3c(C)cc(C)cc3C)CC2)c(C)c1.Cl.[Cl][Ru]([Cl])=[CH]c1ccccc1. The van der Waals surface area contributed by atoms with Gasteiger partial charge in [-0.3, -0.25) is 28.9 Å². The second-order valence-electron chi connectivity index (χ2n) is 34.6. The Hall–Kier alpha value is -6.42. The Kier molecular flexibility index (Phi) is 46.0. The van der Waals surface area contributed by atoms with Crippen molar-refractivity contribution in [2.75, 3.05) is 22.9 Å². The van der Waals surface area contributed by atoms with E-state index in [1.54, 1.807) is 116 Å². The second kappa shape index (κ2) is 53.8. The van der Waals surface area contributed by atoms with Crippen LogP contribution in [-0.4, -0.2) is 98.4 Å². The van der Waals surface area contributed by atoms with Crippen molar-refractivity contribution in [2.45, 2.75) is 299 Å². The Balaban J connectivity index is 0.000000224. The third-order valence-corrected chi connectivity index (χ3v) is 30.0. The van der Waals surface area contributed by atoms with Crippen molar-refractivity contribution in [3.63, 3.8) is 0 Å². The van der Waals surface area contributed by atoms with Crippen LogP contribution in [0.1, 0.15) is 246 Å². The van der Waals surface area contributed by atoms with Crippen molar-refractivity contribution in [3.8, 4) is 0 Å². The number of benzene rings is 6. The molecule has 6 aromatic carbocycles. The van der Waals surface area contributed by atoms with Gasteiger partial charge in [-0.2, -0.15) is 16.8 Å². The number of anilines is 2. The summed E-state index contributed by atoms with van der Waals surface area (Å²) in [7, 11) is 11.3. The summed E-state index contributed by atoms with van der Waals surface area (Å²) in [6.07, 6.45) is 41.2. The van der Waals surface area contributed by atoms with Gasteiger partial charge in [0.25, 0.3) is 17.7 Å². The zero-order chi connectivity index (χ0) is 87.2. The minimum absolute atomic E-state index is 0. The van der Waals surface area contributed by atoms with E-state index in [0.29, 0.717) is 13.2 Å². The van der Waals surface area contributed by atoms with Gasteiger partial charge in [0.1, 0.15) is 13.2 Å². The second-order valence-corrected chi connectivity index (χ2v) is 43.7. The van der Waals surface area contributed by atoms with Crippen LogP contribution in [0.4, 0.5) is 11.4 Å². The zero-order valence-electron chi connectivity index (χ0n) is 75.2. The van der Waals surface area contributed by atoms with E-state index < -0.39 is 48.3 Å². The number of hydrogen-bond acceptors (Lipinski definition) is 11. The van der Waals surface area contributed by atoms with E-state index in [0.717, 1.165) is 54.6 Å². The Labute approximate surface area is 749 Å². The molecule has 0 radical (unpaired) electrons. The third-order valence-electron chi connectivity index (χ3n) is 23.6. The van der Waals surface area contributed by atoms with E-state index in [-0.39, 0.29) is 56.9 Å². The minimum atomic E-state index is -1.61. The van der Waals surface area contributed by atoms with E-state index in [4.69, 9.17) is 43.4 Å². The quantitative estimate of drug-likeness (QED) is 0.0134. The normalized spacial score (nSPS) is 19.7. The van der Waals surface area contributed by atoms with E-state index in [1.165, 1.54) is 97.2 Å². The van der Waals surface area contributed by atoms with Gasteiger partial charge in [-0.1, -0.05) is 216 Å². The molecule has 7 aliphatic rings. The predicted molar refractivity (Wildman–Crippen MR) is 508 cm³/mol. The number of aliphatic hydroxyl groups is 1. The summed E-state index contributed by atoms with van der Waals surface area (Å²) in [5.41, 5.74) is 18.7. The zero-order valence-corrected chi connectivity index (χ0v) is 80.3. The predicted octanol–water partition coefficient (Wildman–Crippen LogP) is 25.4. The molecule has 6 aromatic rings. The molecule has 19 heteroatoms. The van der Waals surface area contributed by atoms with Gasteiger partial charge < -0.3 is 24.4 Å². The standard InChI is InChI=1S/C21H27N2.C21H29NO3.C18H33P.C15H17NO3.C14H19NO3.C7H6.C6H12.3ClH.Ru/c1-14-9-16(3)20(17(4)10-14)22-7-8-23(13-22)21-18(5)11-15(2)12-19(21)6;1-5-7-8-12-15-19-22(24-16-17-13-10-9-11-14-17)20(23)21(3,4)18(6-2)25-19;1-4-10-16(11-5-1)19(17-12-6-2-7-13-17)18-14-8-3-9-15-18;1-15(2)12-8-9-13(19-12)16(14(15)17)18-10-11-6-4-3-5-7-11;1-4-12(16)14(2,3)13(17)15-18-10-11-8-6-5-7-9-11;1-7-5-3-2-4-6-7;1-3-5-6-4-2;;;;/h9-13H,7-8H2,1-6H3;6,9-15,18-19H,2,5,7-8,16H2,1,3-4H3;16-18H,1-15H2;3-9,12-13H,10H2,1-2H3;4-9,12,16H,1,10H2,2-3H3,(H,15,17);1-6H;3H,1,4-6H2,2H3;3*1H;/q-1;;;;;;;;;;+2/p-1/b;15-12+;;;;;;;;;. The summed E-state index contributed by atoms with van der Waals surface area (Å²) in [4.78, 5) is 58.6. The number of hydroxylamine groups is 5. The fourth-order valence-corrected chi connectivity index (χ4v) is 23.8. The van der Waals surface area contributed by atoms with Crippen LogP contribution < -0.4 is 15.3 Å². The van der Waals surface area contributed by atoms with Crippen molar-refractivity contribution in [2.24, 2.45) is 16.2 Å². The first kappa shape index (κ1) is 103. The van der Waals surface area contributed by atoms with Crippen molar-refractivity contribution >= 4 is 73.4 Å². The number of ether oxygens (including phenoxy) is 2. The molecule has 3 amide bonds. The number of carbonyl (C=O) groups excluding carboxylic acids is 3. The molecule has 14 nitrogen and oxygen atoms in total. The average molecular weight is 1820 g/mol. The number of nitrogens with one attached hydrogen (secondary N) is 1. The molecule has 3 aliphatic carbocycles. The number of hydrogen-bond donors (Lipinski definition) is 2. The summed E-state index contributed by atoms with van der Waals surface area (Å²) in [5, 5.41) is 12.4. The van der Waals surface area contributed by atoms with E-state index >= 15 is 0 Å². The fraction of sp³-hybridized carbons (Fsp3) is 0.500. The Morgan fingerprint density at radius 1 is 0.603 bits per heavy atom. The van der Waals surface area contributed by atoms with Crippen LogP contribution in [0.2, 0.25) is 0 Å². The summed E-state index contributed by atoms with van der Waals surface area (Å²) < 4.78 is 13.8. The first-order valence-electron chi connectivity index (χ1n) is 44.1. The summed E-state index contributed by atoms with van der Waals surface area (Å²) in [6.45, 7) is 44.5. The monoisotopic (exact) mass is 1820 g/mol. The van der Waals surface area contributed by atoms with Gasteiger partial charge in [0.15, 0.2) is 12.5 Å². The topological polar surface area (TPSA) is 143 Å². The van der Waals surface area contributed by atoms with Gasteiger partial charge in [-0.05, 0) is 224 Å². The van der Waals surface area contributed by atoms with Gasteiger partial charge in [-0.25, -0.2) is 5.48 Å². The molecule has 2 N–H and O–H groups in total. The molecule has 13 rings (SSSR count). The molecule has 0 spiro atoms. The van der Waals surface area contributed by atoms with Gasteiger partial charge >= 0.3 is 73.4 Å². The number of carbonyl (C=O) groups is 3. The van der Waals surface area contributed by atoms with Crippen LogP contribution in [0, 0.1) is 64.5 Å². The Bertz CT molecular complexity index is 4020. The molecular weight excluding hydrogens is 1680 g/mol. The molecule has 3 saturated heterocycles. The van der Waals surface area contributed by atoms with E-state index in [9.17, 15) is 19.5 Å². The van der Waals surface area contributed by atoms with Crippen LogP contribution in [0.5, 0.6) is 0 Å². The molecule has 666 valence electrons. The van der Waals surface area contributed by atoms with Gasteiger partial charge in [0.2, 0.25) is 0 Å². The third kappa shape index (κ3) is 32.5. The first-order valence-corrected chi connectivity index (χ1v) is 51.3. The van der Waals surface area contributed by atoms with Crippen LogP contribution in [-0.2, 0) is 71.7 Å². The summed E-state index contributed by atoms with van der Waals surface area (Å²) >= 11 is -1.61. The number of nitrogens with zero attached hydrogens (tertiary/aromatic N) is 4. The maximum atomic E-state index is 13.0. The Morgan fingerprint density at radius 3 is 1.42 bits per heavy atom. The van der Waals surface area contributed by atoms with Crippen LogP contribution >= 0.6 is 39.7 Å². The molecular formula is C102H145Cl3N5O9PRu. The molecule has 5 atom stereocenters. The van der Waals surface area contributed by atoms with Crippen LogP contribution in [0.25, 0.3) is 0 Å². The number of unbranched alkanes of at least 4 members (excludes halogenated alkanes) is 4. The van der Waals surface area contributed by atoms with Crippen molar-refractivity contribution in [1.29, 1.82) is 0 Å². The van der Waals surface area contributed by atoms with Crippen molar-refractivity contribution in [3.05, 3.63) is 270 Å². The average Bonchev–Trinajstić information content (AvgIpc) is 1.53. The molecule has 4 heterocycles. The van der Waals surface area contributed by atoms with Gasteiger partial charge in [-0.15, -0.1) is 32.1 Å². The van der Waals surface area contributed by atoms with Gasteiger partial charge in [0, 0.05) is 32.4 Å². The molecule has 3 saturated carbocycles. The summed E-state index contributed by atoms with van der Waals surface area (Å²) in [6, 6.07) is 48.1. The number of aryl methyl sites for hydroxylation is 6. The fourth-order valence-electron chi connectivity index (χ4n) is 16.8. The molecule has 4 aliphatic heterocycles. The molecule has 121 heavy (non-hydrogen) atoms. The molecule has 0 aromatic heterocycles. The van der Waals surface area contributed by atoms with E-state index in [1.807, 2.05) is 178 Å². The number of fused-ring (bicyclic) bond motifs is 2. The molecule has 5 unspecified atom stereocenters. The van der Waals surface area contributed by atoms with E-state index in [2.05, 4.69) is 127 Å². The van der Waals surface area contributed by atoms with Crippen LogP contribution in [0.15, 0.2) is 208 Å². The van der Waals surface area contributed by atoms with Crippen molar-refractivity contribution < 1.29 is 57.0 Å². The summed E-state index contributed by atoms with van der Waals surface area (Å²) in [5.74, 6) is -0.509. The molecule has 2 bridgehead atoms. The number of amides is 3. The van der Waals surface area contributed by atoms with Crippen molar-refractivity contribution in [1.82, 2.24) is 15.6 Å². The number of rotatable bonds is 26.